The van der Waals surface area contributed by atoms with Crippen molar-refractivity contribution in [3.8, 4) is 40.4 Å². The monoisotopic (exact) mass is 430 g/mol. The maximum absolute atomic E-state index is 12.0. The molecule has 1 aliphatic rings. The zero-order valence-electron chi connectivity index (χ0n) is 17.0. The fourth-order valence-electron chi connectivity index (χ4n) is 3.20. The SMILES string of the molecule is Cc1cc(C(N)=O)c(Oc2ccc(-n3ccnc3)cc2)nc1Oc1ccc2c(c1)OCO2. The van der Waals surface area contributed by atoms with Crippen molar-refractivity contribution in [2.24, 2.45) is 5.73 Å². The highest BCUT2D eigenvalue weighted by Gasteiger charge is 2.19. The number of pyridine rings is 1. The first-order chi connectivity index (χ1) is 15.6. The molecule has 1 aliphatic heterocycles. The molecule has 160 valence electrons. The molecule has 0 bridgehead atoms. The molecule has 2 aromatic carbocycles. The number of nitrogens with two attached hydrogens (primary N) is 1. The lowest BCUT2D eigenvalue weighted by atomic mass is 10.2. The van der Waals surface area contributed by atoms with Crippen molar-refractivity contribution in [2.45, 2.75) is 6.92 Å². The molecule has 1 amide bonds. The molecule has 9 nitrogen and oxygen atoms in total. The molecule has 0 spiro atoms. The number of carbonyl (C=O) groups excluding carboxylic acids is 1. The topological polar surface area (TPSA) is 111 Å². The van der Waals surface area contributed by atoms with Crippen molar-refractivity contribution in [2.75, 3.05) is 6.79 Å². The summed E-state index contributed by atoms with van der Waals surface area (Å²) in [6.45, 7) is 1.94. The van der Waals surface area contributed by atoms with E-state index in [9.17, 15) is 4.79 Å². The maximum Gasteiger partial charge on any atom is 0.254 e. The van der Waals surface area contributed by atoms with Crippen LogP contribution >= 0.6 is 0 Å². The highest BCUT2D eigenvalue weighted by atomic mass is 16.7. The number of nitrogens with zero attached hydrogens (tertiary/aromatic N) is 3. The van der Waals surface area contributed by atoms with Crippen LogP contribution in [-0.4, -0.2) is 27.2 Å². The summed E-state index contributed by atoms with van der Waals surface area (Å²) in [5, 5.41) is 0. The Morgan fingerprint density at radius 1 is 1.00 bits per heavy atom. The zero-order chi connectivity index (χ0) is 22.1. The molecule has 4 aromatic rings. The fourth-order valence-corrected chi connectivity index (χ4v) is 3.20. The predicted molar refractivity (Wildman–Crippen MR) is 114 cm³/mol. The Bertz CT molecular complexity index is 1290. The molecule has 0 saturated carbocycles. The Kier molecular flexibility index (Phi) is 4.83. The van der Waals surface area contributed by atoms with Gasteiger partial charge in [-0.05, 0) is 49.4 Å². The second kappa shape index (κ2) is 7.95. The smallest absolute Gasteiger partial charge is 0.254 e. The number of aromatic nitrogens is 3. The largest absolute Gasteiger partial charge is 0.454 e. The molecule has 3 heterocycles. The van der Waals surface area contributed by atoms with Gasteiger partial charge in [-0.2, -0.15) is 4.98 Å². The lowest BCUT2D eigenvalue weighted by molar-refractivity contribution is 0.0997. The number of primary amides is 1. The minimum Gasteiger partial charge on any atom is -0.454 e. The Morgan fingerprint density at radius 3 is 2.50 bits per heavy atom. The van der Waals surface area contributed by atoms with Crippen molar-refractivity contribution < 1.29 is 23.7 Å². The molecule has 0 saturated heterocycles. The summed E-state index contributed by atoms with van der Waals surface area (Å²) in [4.78, 5) is 20.4. The summed E-state index contributed by atoms with van der Waals surface area (Å²) in [7, 11) is 0. The molecular weight excluding hydrogens is 412 g/mol. The van der Waals surface area contributed by atoms with Crippen LogP contribution in [0, 0.1) is 6.92 Å². The van der Waals surface area contributed by atoms with Gasteiger partial charge in [-0.3, -0.25) is 4.79 Å². The van der Waals surface area contributed by atoms with Crippen LogP contribution in [0.2, 0.25) is 0 Å². The molecule has 0 aliphatic carbocycles. The standard InChI is InChI=1S/C23H18N4O5/c1-14-10-18(21(24)28)23(31-16-4-2-15(3-5-16)27-9-8-25-12-27)26-22(14)32-17-6-7-19-20(11-17)30-13-29-19/h2-12H,13H2,1H3,(H2,24,28). The van der Waals surface area contributed by atoms with Crippen LogP contribution in [0.25, 0.3) is 5.69 Å². The quantitative estimate of drug-likeness (QED) is 0.492. The predicted octanol–water partition coefficient (Wildman–Crippen LogP) is 3.99. The van der Waals surface area contributed by atoms with Crippen molar-refractivity contribution >= 4 is 5.91 Å². The number of imidazole rings is 1. The third-order valence-electron chi connectivity index (χ3n) is 4.81. The summed E-state index contributed by atoms with van der Waals surface area (Å²) >= 11 is 0. The Balaban J connectivity index is 1.44. The molecular formula is C23H18N4O5. The summed E-state index contributed by atoms with van der Waals surface area (Å²) in [5.74, 6) is 1.90. The minimum atomic E-state index is -0.653. The number of hydrogen-bond acceptors (Lipinski definition) is 7. The summed E-state index contributed by atoms with van der Waals surface area (Å²) in [6.07, 6.45) is 5.23. The van der Waals surface area contributed by atoms with Crippen molar-refractivity contribution in [1.82, 2.24) is 14.5 Å². The van der Waals surface area contributed by atoms with Crippen LogP contribution in [0.3, 0.4) is 0 Å². The number of amides is 1. The van der Waals surface area contributed by atoms with E-state index in [-0.39, 0.29) is 24.1 Å². The number of benzene rings is 2. The first kappa shape index (κ1) is 19.4. The van der Waals surface area contributed by atoms with E-state index in [2.05, 4.69) is 9.97 Å². The van der Waals surface area contributed by atoms with Crippen molar-refractivity contribution in [3.05, 3.63) is 78.4 Å². The van der Waals surface area contributed by atoms with E-state index >= 15 is 0 Å². The van der Waals surface area contributed by atoms with Crippen LogP contribution < -0.4 is 24.7 Å². The van der Waals surface area contributed by atoms with Crippen LogP contribution in [0.15, 0.2) is 67.3 Å². The average Bonchev–Trinajstić information content (AvgIpc) is 3.48. The molecule has 9 heteroatoms. The van der Waals surface area contributed by atoms with Gasteiger partial charge in [-0.1, -0.05) is 0 Å². The van der Waals surface area contributed by atoms with Crippen molar-refractivity contribution in [1.29, 1.82) is 0 Å². The van der Waals surface area contributed by atoms with Gasteiger partial charge in [0, 0.05) is 29.7 Å². The van der Waals surface area contributed by atoms with Gasteiger partial charge in [-0.25, -0.2) is 4.98 Å². The van der Waals surface area contributed by atoms with E-state index in [0.29, 0.717) is 28.6 Å². The zero-order valence-corrected chi connectivity index (χ0v) is 17.0. The first-order valence-electron chi connectivity index (χ1n) is 9.72. The molecule has 0 atom stereocenters. The number of fused-ring (bicyclic) bond motifs is 1. The van der Waals surface area contributed by atoms with Gasteiger partial charge in [0.15, 0.2) is 11.5 Å². The first-order valence-corrected chi connectivity index (χ1v) is 9.72. The second-order valence-corrected chi connectivity index (χ2v) is 7.01. The molecule has 0 radical (unpaired) electrons. The Labute approximate surface area is 183 Å². The van der Waals surface area contributed by atoms with Gasteiger partial charge in [0.25, 0.3) is 5.91 Å². The fraction of sp³-hybridized carbons (Fsp3) is 0.0870. The van der Waals surface area contributed by atoms with E-state index < -0.39 is 5.91 Å². The third-order valence-corrected chi connectivity index (χ3v) is 4.81. The molecule has 32 heavy (non-hydrogen) atoms. The number of aryl methyl sites for hydroxylation is 1. The summed E-state index contributed by atoms with van der Waals surface area (Å²) in [5.41, 5.74) is 7.24. The Hall–Kier alpha value is -4.53. The van der Waals surface area contributed by atoms with Crippen LogP contribution in [0.5, 0.6) is 34.8 Å². The van der Waals surface area contributed by atoms with E-state index in [0.717, 1.165) is 5.69 Å². The van der Waals surface area contributed by atoms with E-state index in [4.69, 9.17) is 24.7 Å². The normalized spacial score (nSPS) is 11.9. The summed E-state index contributed by atoms with van der Waals surface area (Å²) in [6, 6.07) is 14.0. The average molecular weight is 430 g/mol. The van der Waals surface area contributed by atoms with Crippen LogP contribution in [0.1, 0.15) is 15.9 Å². The highest BCUT2D eigenvalue weighted by molar-refractivity contribution is 5.95. The van der Waals surface area contributed by atoms with Crippen LogP contribution in [0.4, 0.5) is 0 Å². The number of hydrogen-bond donors (Lipinski definition) is 1. The molecule has 2 N–H and O–H groups in total. The van der Waals surface area contributed by atoms with Gasteiger partial charge in [0.1, 0.15) is 17.1 Å². The van der Waals surface area contributed by atoms with Crippen LogP contribution in [-0.2, 0) is 0 Å². The van der Waals surface area contributed by atoms with Gasteiger partial charge >= 0.3 is 0 Å². The molecule has 2 aromatic heterocycles. The molecule has 5 rings (SSSR count). The lowest BCUT2D eigenvalue weighted by Crippen LogP contribution is -2.14. The van der Waals surface area contributed by atoms with E-state index in [1.165, 1.54) is 0 Å². The number of rotatable bonds is 6. The van der Waals surface area contributed by atoms with Gasteiger partial charge in [-0.15, -0.1) is 0 Å². The van der Waals surface area contributed by atoms with E-state index in [1.807, 2.05) is 22.9 Å². The highest BCUT2D eigenvalue weighted by Crippen LogP contribution is 2.37. The molecule has 0 unspecified atom stereocenters. The number of ether oxygens (including phenoxy) is 4. The lowest BCUT2D eigenvalue weighted by Gasteiger charge is -2.14. The van der Waals surface area contributed by atoms with E-state index in [1.54, 1.807) is 55.8 Å². The maximum atomic E-state index is 12.0. The van der Waals surface area contributed by atoms with Gasteiger partial charge in [0.2, 0.25) is 18.6 Å². The minimum absolute atomic E-state index is 0.0502. The van der Waals surface area contributed by atoms with Gasteiger partial charge in [0.05, 0.1) is 6.33 Å². The third kappa shape index (κ3) is 3.79. The second-order valence-electron chi connectivity index (χ2n) is 7.01. The summed E-state index contributed by atoms with van der Waals surface area (Å²) < 4.78 is 24.4. The Morgan fingerprint density at radius 2 is 1.75 bits per heavy atom. The number of carbonyl (C=O) groups is 1. The van der Waals surface area contributed by atoms with Crippen molar-refractivity contribution in [3.63, 3.8) is 0 Å². The van der Waals surface area contributed by atoms with Gasteiger partial charge < -0.3 is 29.2 Å². The molecule has 0 fully saturated rings.